The number of ketones is 1. The number of Topliss-reactive ketones (excluding diaryl/α,β-unsaturated/α-hetero) is 1. The van der Waals surface area contributed by atoms with Gasteiger partial charge in [-0.15, -0.1) is 6.58 Å². The first kappa shape index (κ1) is 24.9. The number of amides is 2. The Morgan fingerprint density at radius 1 is 1.05 bits per heavy atom. The van der Waals surface area contributed by atoms with Gasteiger partial charge in [0, 0.05) is 43.9 Å². The van der Waals surface area contributed by atoms with Gasteiger partial charge in [-0.1, -0.05) is 54.1 Å². The van der Waals surface area contributed by atoms with Gasteiger partial charge < -0.3 is 19.6 Å². The van der Waals surface area contributed by atoms with Gasteiger partial charge in [-0.25, -0.2) is 0 Å². The smallest absolute Gasteiger partial charge is 0.296 e. The molecule has 0 bridgehead atoms. The number of carbonyl (C=O) groups is 3. The number of hydrogen-bond acceptors (Lipinski definition) is 6. The van der Waals surface area contributed by atoms with Gasteiger partial charge in [0.2, 0.25) is 0 Å². The number of anilines is 1. The van der Waals surface area contributed by atoms with Crippen LogP contribution >= 0.6 is 0 Å². The highest BCUT2D eigenvalue weighted by Gasteiger charge is 2.66. The fraction of sp³-hybridized carbons (Fsp3) is 0.345. The van der Waals surface area contributed by atoms with Crippen LogP contribution in [-0.4, -0.2) is 78.4 Å². The van der Waals surface area contributed by atoms with E-state index in [2.05, 4.69) is 11.5 Å². The number of aliphatic hydroxyl groups is 1. The van der Waals surface area contributed by atoms with Crippen LogP contribution in [0.2, 0.25) is 0 Å². The van der Waals surface area contributed by atoms with Gasteiger partial charge in [-0.05, 0) is 19.4 Å². The number of morpholine rings is 1. The van der Waals surface area contributed by atoms with Crippen LogP contribution < -0.4 is 4.90 Å². The van der Waals surface area contributed by atoms with Crippen molar-refractivity contribution in [3.05, 3.63) is 83.4 Å². The van der Waals surface area contributed by atoms with E-state index in [-0.39, 0.29) is 24.4 Å². The van der Waals surface area contributed by atoms with Gasteiger partial charge in [-0.3, -0.25) is 19.3 Å². The van der Waals surface area contributed by atoms with Crippen LogP contribution in [0, 0.1) is 6.92 Å². The Bertz CT molecular complexity index is 1280. The van der Waals surface area contributed by atoms with Gasteiger partial charge >= 0.3 is 0 Å². The van der Waals surface area contributed by atoms with E-state index >= 15 is 0 Å². The van der Waals surface area contributed by atoms with E-state index in [0.717, 1.165) is 18.7 Å². The number of benzene rings is 2. The molecule has 5 rings (SSSR count). The molecular formula is C29H31N3O5. The summed E-state index contributed by atoms with van der Waals surface area (Å²) in [6, 6.07) is 14.2. The molecule has 0 aromatic heterocycles. The van der Waals surface area contributed by atoms with Crippen molar-refractivity contribution in [2.45, 2.75) is 18.9 Å². The number of carbonyl (C=O) groups excluding carboxylic acids is 3. The van der Waals surface area contributed by atoms with E-state index in [1.807, 2.05) is 25.1 Å². The predicted molar refractivity (Wildman–Crippen MR) is 140 cm³/mol. The molecule has 0 aliphatic carbocycles. The number of fused-ring (bicyclic) bond motifs is 2. The molecule has 3 aliphatic rings. The lowest BCUT2D eigenvalue weighted by Crippen LogP contribution is -2.52. The highest BCUT2D eigenvalue weighted by molar-refractivity contribution is 6.50. The third-order valence-corrected chi connectivity index (χ3v) is 7.41. The number of ether oxygens (including phenoxy) is 1. The molecule has 1 N–H and O–H groups in total. The molecule has 1 atom stereocenters. The van der Waals surface area contributed by atoms with E-state index in [0.29, 0.717) is 43.0 Å². The Kier molecular flexibility index (Phi) is 6.70. The lowest BCUT2D eigenvalue weighted by atomic mass is 9.81. The van der Waals surface area contributed by atoms with Crippen LogP contribution in [0.5, 0.6) is 0 Å². The quantitative estimate of drug-likeness (QED) is 0.272. The van der Waals surface area contributed by atoms with Crippen molar-refractivity contribution in [3.63, 3.8) is 0 Å². The van der Waals surface area contributed by atoms with Crippen molar-refractivity contribution in [1.29, 1.82) is 0 Å². The van der Waals surface area contributed by atoms with E-state index in [4.69, 9.17) is 4.74 Å². The van der Waals surface area contributed by atoms with Crippen LogP contribution in [0.4, 0.5) is 5.69 Å². The minimum absolute atomic E-state index is 0.184. The van der Waals surface area contributed by atoms with Gasteiger partial charge in [-0.2, -0.15) is 0 Å². The Morgan fingerprint density at radius 3 is 2.46 bits per heavy atom. The summed E-state index contributed by atoms with van der Waals surface area (Å²) in [5.41, 5.74) is 0.548. The maximum absolute atomic E-state index is 14.3. The Hall–Kier alpha value is -3.75. The monoisotopic (exact) mass is 501 g/mol. The standard InChI is InChI=1S/C29H31N3O5/c1-3-13-31-23-8-5-4-7-22(23)29(28(31)36)24(25(33)21-11-9-20(2)10-12-21)26(34)27(35)32(29)15-6-14-30-16-18-37-19-17-30/h3-5,7-12,33H,1,6,13-19H2,2H3/b25-24-. The van der Waals surface area contributed by atoms with E-state index in [1.165, 1.54) is 9.80 Å². The summed E-state index contributed by atoms with van der Waals surface area (Å²) in [5, 5.41) is 11.5. The summed E-state index contributed by atoms with van der Waals surface area (Å²) in [5.74, 6) is -2.42. The molecule has 2 fully saturated rings. The summed E-state index contributed by atoms with van der Waals surface area (Å²) in [4.78, 5) is 46.6. The van der Waals surface area contributed by atoms with Crippen LogP contribution in [0.25, 0.3) is 5.76 Å². The van der Waals surface area contributed by atoms with Crippen molar-refractivity contribution in [3.8, 4) is 0 Å². The van der Waals surface area contributed by atoms with Crippen molar-refractivity contribution in [2.75, 3.05) is 50.8 Å². The number of rotatable bonds is 7. The molecule has 2 aromatic rings. The Morgan fingerprint density at radius 2 is 1.76 bits per heavy atom. The molecule has 37 heavy (non-hydrogen) atoms. The molecular weight excluding hydrogens is 470 g/mol. The fourth-order valence-electron chi connectivity index (χ4n) is 5.61. The van der Waals surface area contributed by atoms with Crippen molar-refractivity contribution in [1.82, 2.24) is 9.80 Å². The predicted octanol–water partition coefficient (Wildman–Crippen LogP) is 2.83. The Balaban J connectivity index is 1.65. The lowest BCUT2D eigenvalue weighted by molar-refractivity contribution is -0.143. The second-order valence-electron chi connectivity index (χ2n) is 9.62. The zero-order valence-electron chi connectivity index (χ0n) is 21.0. The van der Waals surface area contributed by atoms with E-state index < -0.39 is 23.1 Å². The summed E-state index contributed by atoms with van der Waals surface area (Å²) >= 11 is 0. The zero-order chi connectivity index (χ0) is 26.2. The van der Waals surface area contributed by atoms with Crippen molar-refractivity contribution in [2.24, 2.45) is 0 Å². The third kappa shape index (κ3) is 3.97. The molecule has 8 heteroatoms. The average Bonchev–Trinajstić information content (AvgIpc) is 3.28. The summed E-state index contributed by atoms with van der Waals surface area (Å²) in [6.45, 7) is 9.71. The molecule has 2 amide bonds. The minimum Gasteiger partial charge on any atom is -0.507 e. The topological polar surface area (TPSA) is 90.4 Å². The summed E-state index contributed by atoms with van der Waals surface area (Å²) in [6.07, 6.45) is 2.18. The van der Waals surface area contributed by atoms with Crippen LogP contribution in [-0.2, 0) is 24.7 Å². The molecule has 3 heterocycles. The maximum Gasteiger partial charge on any atom is 0.296 e. The van der Waals surface area contributed by atoms with Crippen LogP contribution in [0.1, 0.15) is 23.1 Å². The molecule has 2 saturated heterocycles. The van der Waals surface area contributed by atoms with E-state index in [1.54, 1.807) is 36.4 Å². The first-order valence-electron chi connectivity index (χ1n) is 12.6. The first-order chi connectivity index (χ1) is 17.9. The molecule has 1 spiro atoms. The first-order valence-corrected chi connectivity index (χ1v) is 12.6. The Labute approximate surface area is 216 Å². The number of hydrogen-bond donors (Lipinski definition) is 1. The van der Waals surface area contributed by atoms with Gasteiger partial charge in [0.1, 0.15) is 5.76 Å². The third-order valence-electron chi connectivity index (χ3n) is 7.41. The number of para-hydroxylation sites is 1. The molecule has 192 valence electrons. The van der Waals surface area contributed by atoms with Crippen molar-refractivity contribution < 1.29 is 24.2 Å². The maximum atomic E-state index is 14.3. The van der Waals surface area contributed by atoms with Gasteiger partial charge in [0.15, 0.2) is 5.54 Å². The molecule has 1 unspecified atom stereocenters. The lowest BCUT2D eigenvalue weighted by Gasteiger charge is -2.35. The highest BCUT2D eigenvalue weighted by Crippen LogP contribution is 2.53. The molecule has 2 aromatic carbocycles. The largest absolute Gasteiger partial charge is 0.507 e. The summed E-state index contributed by atoms with van der Waals surface area (Å²) in [7, 11) is 0. The number of likely N-dealkylation sites (tertiary alicyclic amines) is 1. The minimum atomic E-state index is -1.74. The molecule has 3 aliphatic heterocycles. The second kappa shape index (κ2) is 9.95. The van der Waals surface area contributed by atoms with E-state index in [9.17, 15) is 19.5 Å². The van der Waals surface area contributed by atoms with Crippen molar-refractivity contribution >= 4 is 29.0 Å². The fourth-order valence-corrected chi connectivity index (χ4v) is 5.61. The normalized spacial score (nSPS) is 23.2. The average molecular weight is 502 g/mol. The zero-order valence-corrected chi connectivity index (χ0v) is 21.0. The second-order valence-corrected chi connectivity index (χ2v) is 9.62. The van der Waals surface area contributed by atoms with Crippen LogP contribution in [0.15, 0.2) is 66.8 Å². The van der Waals surface area contributed by atoms with Crippen LogP contribution in [0.3, 0.4) is 0 Å². The summed E-state index contributed by atoms with van der Waals surface area (Å²) < 4.78 is 5.42. The van der Waals surface area contributed by atoms with Gasteiger partial charge in [0.05, 0.1) is 24.5 Å². The van der Waals surface area contributed by atoms with Gasteiger partial charge in [0.25, 0.3) is 17.6 Å². The number of aliphatic hydroxyl groups excluding tert-OH is 1. The number of aryl methyl sites for hydroxylation is 1. The highest BCUT2D eigenvalue weighted by atomic mass is 16.5. The molecule has 0 radical (unpaired) electrons. The SMILES string of the molecule is C=CCN1C(=O)C2(/C(=C(\O)c3ccc(C)cc3)C(=O)C(=O)N2CCCN2CCOCC2)c2ccccc21. The molecule has 8 nitrogen and oxygen atoms in total. The molecule has 0 saturated carbocycles. The number of nitrogens with zero attached hydrogens (tertiary/aromatic N) is 3.